The molecule has 1 N–H and O–H groups in total. The molecule has 0 atom stereocenters. The Morgan fingerprint density at radius 2 is 2.14 bits per heavy atom. The normalized spacial score (nSPS) is 17.0. The van der Waals surface area contributed by atoms with E-state index < -0.39 is 0 Å². The summed E-state index contributed by atoms with van der Waals surface area (Å²) in [4.78, 5) is 4.72. The Morgan fingerprint density at radius 3 is 2.86 bits per heavy atom. The van der Waals surface area contributed by atoms with Crippen molar-refractivity contribution >= 4 is 22.6 Å². The minimum Gasteiger partial charge on any atom is -0.370 e. The lowest BCUT2D eigenvalue weighted by Crippen LogP contribution is -2.32. The average molecular weight is 308 g/mol. The van der Waals surface area contributed by atoms with E-state index in [4.69, 9.17) is 21.3 Å². The number of hydrogen-bond acceptors (Lipinski definition) is 3. The van der Waals surface area contributed by atoms with Gasteiger partial charge in [-0.2, -0.15) is 0 Å². The molecule has 2 aromatic rings. The maximum atomic E-state index is 6.07. The minimum absolute atomic E-state index is 0.343. The third-order valence-corrected chi connectivity index (χ3v) is 4.21. The summed E-state index contributed by atoms with van der Waals surface area (Å²) >= 11 is 6.07. The summed E-state index contributed by atoms with van der Waals surface area (Å²) in [5.41, 5.74) is 2.07. The minimum atomic E-state index is 0.343. The van der Waals surface area contributed by atoms with Crippen molar-refractivity contribution in [3.8, 4) is 0 Å². The van der Waals surface area contributed by atoms with E-state index in [0.717, 1.165) is 47.8 Å². The lowest BCUT2D eigenvalue weighted by Gasteiger charge is -2.23. The summed E-state index contributed by atoms with van der Waals surface area (Å²) in [5.74, 6) is 0.987. The highest BCUT2D eigenvalue weighted by atomic mass is 35.5. The van der Waals surface area contributed by atoms with Crippen LogP contribution in [-0.4, -0.2) is 28.7 Å². The predicted molar refractivity (Wildman–Crippen MR) is 85.8 cm³/mol. The van der Waals surface area contributed by atoms with Crippen LogP contribution in [0.25, 0.3) is 11.0 Å². The van der Waals surface area contributed by atoms with Gasteiger partial charge in [0.2, 0.25) is 0 Å². The first kappa shape index (κ1) is 14.8. The van der Waals surface area contributed by atoms with E-state index in [9.17, 15) is 0 Å². The number of hydrogen-bond donors (Lipinski definition) is 1. The van der Waals surface area contributed by atoms with E-state index in [1.54, 1.807) is 0 Å². The molecule has 4 nitrogen and oxygen atoms in total. The highest BCUT2D eigenvalue weighted by molar-refractivity contribution is 6.31. The van der Waals surface area contributed by atoms with Crippen LogP contribution in [0, 0.1) is 0 Å². The first-order chi connectivity index (χ1) is 10.1. The molecule has 1 saturated heterocycles. The summed E-state index contributed by atoms with van der Waals surface area (Å²) < 4.78 is 8.31. The van der Waals surface area contributed by atoms with Gasteiger partial charge in [-0.05, 0) is 58.0 Å². The first-order valence-corrected chi connectivity index (χ1v) is 8.01. The van der Waals surface area contributed by atoms with Crippen LogP contribution in [0.3, 0.4) is 0 Å². The fourth-order valence-corrected chi connectivity index (χ4v) is 3.12. The summed E-state index contributed by atoms with van der Waals surface area (Å²) in [7, 11) is 0. The Morgan fingerprint density at radius 1 is 1.38 bits per heavy atom. The number of rotatable bonds is 4. The molecule has 0 aliphatic carbocycles. The van der Waals surface area contributed by atoms with Crippen molar-refractivity contribution in [1.82, 2.24) is 14.9 Å². The largest absolute Gasteiger partial charge is 0.370 e. The molecule has 1 fully saturated rings. The van der Waals surface area contributed by atoms with Crippen molar-refractivity contribution in [3.05, 3.63) is 29.0 Å². The topological polar surface area (TPSA) is 39.1 Å². The fraction of sp³-hybridized carbons (Fsp3) is 0.562. The SMILES string of the molecule is CC(C)n1c(COC2CCNCC2)nc2cc(Cl)ccc21. The van der Waals surface area contributed by atoms with Crippen molar-refractivity contribution < 1.29 is 4.74 Å². The second-order valence-electron chi connectivity index (χ2n) is 5.89. The molecule has 0 radical (unpaired) electrons. The zero-order chi connectivity index (χ0) is 14.8. The molecule has 0 spiro atoms. The van der Waals surface area contributed by atoms with Crippen LogP contribution >= 0.6 is 11.6 Å². The average Bonchev–Trinajstić information content (AvgIpc) is 2.83. The number of benzene rings is 1. The Bertz CT molecular complexity index is 617. The van der Waals surface area contributed by atoms with Gasteiger partial charge in [-0.3, -0.25) is 0 Å². The van der Waals surface area contributed by atoms with E-state index >= 15 is 0 Å². The van der Waals surface area contributed by atoms with Crippen LogP contribution in [0.4, 0.5) is 0 Å². The Balaban J connectivity index is 1.84. The van der Waals surface area contributed by atoms with Gasteiger partial charge in [0.05, 0.1) is 17.1 Å². The molecule has 21 heavy (non-hydrogen) atoms. The predicted octanol–water partition coefficient (Wildman–Crippen LogP) is 3.54. The summed E-state index contributed by atoms with van der Waals surface area (Å²) in [6.45, 7) is 6.99. The van der Waals surface area contributed by atoms with Crippen LogP contribution in [0.1, 0.15) is 38.6 Å². The molecule has 0 unspecified atom stereocenters. The number of fused-ring (bicyclic) bond motifs is 1. The molecular weight excluding hydrogens is 286 g/mol. The highest BCUT2D eigenvalue weighted by Gasteiger charge is 2.17. The number of halogens is 1. The second-order valence-corrected chi connectivity index (χ2v) is 6.32. The molecule has 0 saturated carbocycles. The number of aromatic nitrogens is 2. The molecule has 1 aliphatic heterocycles. The van der Waals surface area contributed by atoms with Gasteiger partial charge in [0.1, 0.15) is 12.4 Å². The quantitative estimate of drug-likeness (QED) is 0.939. The summed E-state index contributed by atoms with van der Waals surface area (Å²) in [6.07, 6.45) is 2.50. The molecular formula is C16H22ClN3O. The van der Waals surface area contributed by atoms with Crippen molar-refractivity contribution in [3.63, 3.8) is 0 Å². The lowest BCUT2D eigenvalue weighted by atomic mass is 10.1. The van der Waals surface area contributed by atoms with Crippen molar-refractivity contribution in [1.29, 1.82) is 0 Å². The van der Waals surface area contributed by atoms with Gasteiger partial charge < -0.3 is 14.6 Å². The zero-order valence-corrected chi connectivity index (χ0v) is 13.4. The van der Waals surface area contributed by atoms with E-state index in [1.165, 1.54) is 0 Å². The number of nitrogens with one attached hydrogen (secondary N) is 1. The standard InChI is InChI=1S/C16H22ClN3O/c1-11(2)20-15-4-3-12(17)9-14(15)19-16(20)10-21-13-5-7-18-8-6-13/h3-4,9,11,13,18H,5-8,10H2,1-2H3. The van der Waals surface area contributed by atoms with Gasteiger partial charge in [-0.1, -0.05) is 11.6 Å². The van der Waals surface area contributed by atoms with E-state index in [1.807, 2.05) is 18.2 Å². The Hall–Kier alpha value is -1.10. The van der Waals surface area contributed by atoms with Crippen LogP contribution < -0.4 is 5.32 Å². The third kappa shape index (κ3) is 3.23. The molecule has 1 aromatic heterocycles. The maximum absolute atomic E-state index is 6.07. The smallest absolute Gasteiger partial charge is 0.136 e. The number of imidazole rings is 1. The highest BCUT2D eigenvalue weighted by Crippen LogP contribution is 2.25. The molecule has 0 bridgehead atoms. The third-order valence-electron chi connectivity index (χ3n) is 3.98. The number of nitrogens with zero attached hydrogens (tertiary/aromatic N) is 2. The van der Waals surface area contributed by atoms with Gasteiger partial charge in [-0.25, -0.2) is 4.98 Å². The second kappa shape index (κ2) is 6.34. The molecule has 2 heterocycles. The van der Waals surface area contributed by atoms with E-state index in [0.29, 0.717) is 18.8 Å². The van der Waals surface area contributed by atoms with Crippen LogP contribution in [0.15, 0.2) is 18.2 Å². The van der Waals surface area contributed by atoms with Gasteiger partial charge in [0.15, 0.2) is 0 Å². The van der Waals surface area contributed by atoms with Crippen LogP contribution in [0.2, 0.25) is 5.02 Å². The van der Waals surface area contributed by atoms with Gasteiger partial charge in [0, 0.05) is 11.1 Å². The van der Waals surface area contributed by atoms with Crippen LogP contribution in [-0.2, 0) is 11.3 Å². The van der Waals surface area contributed by atoms with Crippen molar-refractivity contribution in [2.24, 2.45) is 0 Å². The van der Waals surface area contributed by atoms with E-state index in [2.05, 4.69) is 23.7 Å². The Labute approximate surface area is 130 Å². The fourth-order valence-electron chi connectivity index (χ4n) is 2.95. The first-order valence-electron chi connectivity index (χ1n) is 7.64. The van der Waals surface area contributed by atoms with Gasteiger partial charge in [-0.15, -0.1) is 0 Å². The van der Waals surface area contributed by atoms with E-state index in [-0.39, 0.29) is 0 Å². The van der Waals surface area contributed by atoms with Crippen molar-refractivity contribution in [2.45, 2.75) is 45.4 Å². The molecule has 114 valence electrons. The number of ether oxygens (including phenoxy) is 1. The lowest BCUT2D eigenvalue weighted by molar-refractivity contribution is 0.0163. The number of piperidine rings is 1. The summed E-state index contributed by atoms with van der Waals surface area (Å²) in [6, 6.07) is 6.23. The van der Waals surface area contributed by atoms with Crippen LogP contribution in [0.5, 0.6) is 0 Å². The van der Waals surface area contributed by atoms with Crippen molar-refractivity contribution in [2.75, 3.05) is 13.1 Å². The monoisotopic (exact) mass is 307 g/mol. The molecule has 1 aliphatic rings. The maximum Gasteiger partial charge on any atom is 0.136 e. The molecule has 1 aromatic carbocycles. The van der Waals surface area contributed by atoms with Gasteiger partial charge >= 0.3 is 0 Å². The molecule has 0 amide bonds. The Kier molecular flexibility index (Phi) is 4.48. The summed E-state index contributed by atoms with van der Waals surface area (Å²) in [5, 5.41) is 4.08. The molecule has 5 heteroatoms. The molecule has 3 rings (SSSR count). The van der Waals surface area contributed by atoms with Gasteiger partial charge in [0.25, 0.3) is 0 Å². The zero-order valence-electron chi connectivity index (χ0n) is 12.6.